The summed E-state index contributed by atoms with van der Waals surface area (Å²) < 4.78 is 0. The molecule has 0 saturated carbocycles. The molecule has 0 saturated heterocycles. The molecule has 4 heteroatoms. The highest BCUT2D eigenvalue weighted by Gasteiger charge is 2.42. The van der Waals surface area contributed by atoms with Crippen LogP contribution in [0.4, 0.5) is 0 Å². The third-order valence-corrected chi connectivity index (χ3v) is 2.64. The van der Waals surface area contributed by atoms with Crippen molar-refractivity contribution in [2.45, 2.75) is 11.4 Å². The standard InChI is InChI=1S/C12H14N2O2/c13-11(15)7-6-10(8-12(11,14)16)9-4-2-1-3-5-9/h1-8,15-16H,13-14H2. The maximum absolute atomic E-state index is 9.81. The Bertz CT molecular complexity index is 447. The first-order valence-corrected chi connectivity index (χ1v) is 4.92. The molecule has 2 rings (SSSR count). The van der Waals surface area contributed by atoms with Gasteiger partial charge in [-0.2, -0.15) is 0 Å². The molecule has 0 amide bonds. The van der Waals surface area contributed by atoms with Crippen molar-refractivity contribution in [3.8, 4) is 0 Å². The average Bonchev–Trinajstić information content (AvgIpc) is 2.23. The van der Waals surface area contributed by atoms with Gasteiger partial charge in [0.2, 0.25) is 0 Å². The van der Waals surface area contributed by atoms with E-state index in [1.807, 2.05) is 30.3 Å². The van der Waals surface area contributed by atoms with Gasteiger partial charge in [-0.1, -0.05) is 36.4 Å². The van der Waals surface area contributed by atoms with E-state index >= 15 is 0 Å². The van der Waals surface area contributed by atoms with Crippen molar-refractivity contribution in [1.82, 2.24) is 0 Å². The van der Waals surface area contributed by atoms with E-state index in [9.17, 15) is 10.2 Å². The van der Waals surface area contributed by atoms with E-state index in [0.717, 1.165) is 11.1 Å². The van der Waals surface area contributed by atoms with Crippen LogP contribution in [-0.4, -0.2) is 21.7 Å². The molecule has 1 aromatic carbocycles. The fourth-order valence-corrected chi connectivity index (χ4v) is 1.56. The van der Waals surface area contributed by atoms with Gasteiger partial charge in [0, 0.05) is 0 Å². The van der Waals surface area contributed by atoms with Gasteiger partial charge >= 0.3 is 0 Å². The molecule has 2 unspecified atom stereocenters. The van der Waals surface area contributed by atoms with Crippen molar-refractivity contribution < 1.29 is 10.2 Å². The Morgan fingerprint density at radius 2 is 1.56 bits per heavy atom. The molecule has 0 bridgehead atoms. The fourth-order valence-electron chi connectivity index (χ4n) is 1.56. The van der Waals surface area contributed by atoms with Crippen LogP contribution < -0.4 is 11.5 Å². The molecular formula is C12H14N2O2. The molecule has 0 heterocycles. The predicted octanol–water partition coefficient (Wildman–Crippen LogP) is -0.0656. The topological polar surface area (TPSA) is 92.5 Å². The van der Waals surface area contributed by atoms with E-state index in [0.29, 0.717) is 0 Å². The number of allylic oxidation sites excluding steroid dienone is 2. The number of nitrogens with two attached hydrogens (primary N) is 2. The molecule has 1 aliphatic carbocycles. The monoisotopic (exact) mass is 218 g/mol. The van der Waals surface area contributed by atoms with Gasteiger partial charge in [-0.05, 0) is 23.3 Å². The molecule has 16 heavy (non-hydrogen) atoms. The lowest BCUT2D eigenvalue weighted by Gasteiger charge is -2.36. The molecular weight excluding hydrogens is 204 g/mol. The van der Waals surface area contributed by atoms with Crippen molar-refractivity contribution in [2.75, 3.05) is 0 Å². The van der Waals surface area contributed by atoms with Gasteiger partial charge < -0.3 is 10.2 Å². The minimum Gasteiger partial charge on any atom is -0.368 e. The number of benzene rings is 1. The van der Waals surface area contributed by atoms with Crippen LogP contribution in [0, 0.1) is 0 Å². The SMILES string of the molecule is NC1(O)C=CC(c2ccccc2)=CC1(N)O. The van der Waals surface area contributed by atoms with Crippen LogP contribution in [-0.2, 0) is 0 Å². The fraction of sp³-hybridized carbons (Fsp3) is 0.167. The minimum atomic E-state index is -1.97. The van der Waals surface area contributed by atoms with E-state index < -0.39 is 11.4 Å². The first-order valence-electron chi connectivity index (χ1n) is 4.92. The van der Waals surface area contributed by atoms with Gasteiger partial charge in [0.1, 0.15) is 0 Å². The van der Waals surface area contributed by atoms with Crippen LogP contribution in [0.1, 0.15) is 5.56 Å². The van der Waals surface area contributed by atoms with Crippen LogP contribution in [0.2, 0.25) is 0 Å². The second-order valence-electron chi connectivity index (χ2n) is 3.95. The summed E-state index contributed by atoms with van der Waals surface area (Å²) >= 11 is 0. The molecule has 0 aromatic heterocycles. The number of rotatable bonds is 1. The number of hydrogen-bond acceptors (Lipinski definition) is 4. The lowest BCUT2D eigenvalue weighted by Crippen LogP contribution is -2.64. The normalized spacial score (nSPS) is 33.6. The largest absolute Gasteiger partial charge is 0.368 e. The first kappa shape index (κ1) is 11.0. The van der Waals surface area contributed by atoms with Crippen LogP contribution in [0.3, 0.4) is 0 Å². The predicted molar refractivity (Wildman–Crippen MR) is 61.8 cm³/mol. The first-order chi connectivity index (χ1) is 7.42. The Morgan fingerprint density at radius 3 is 2.12 bits per heavy atom. The number of aliphatic hydroxyl groups is 2. The Balaban J connectivity index is 2.41. The van der Waals surface area contributed by atoms with Crippen LogP contribution >= 0.6 is 0 Å². The molecule has 6 N–H and O–H groups in total. The molecule has 2 atom stereocenters. The zero-order chi connectivity index (χ0) is 11.8. The maximum atomic E-state index is 9.81. The van der Waals surface area contributed by atoms with Crippen molar-refractivity contribution in [2.24, 2.45) is 11.5 Å². The Hall–Kier alpha value is -1.46. The third-order valence-electron chi connectivity index (χ3n) is 2.64. The lowest BCUT2D eigenvalue weighted by molar-refractivity contribution is -0.0852. The van der Waals surface area contributed by atoms with E-state index in [2.05, 4.69) is 0 Å². The van der Waals surface area contributed by atoms with E-state index in [1.54, 1.807) is 6.08 Å². The van der Waals surface area contributed by atoms with Crippen LogP contribution in [0.5, 0.6) is 0 Å². The zero-order valence-corrected chi connectivity index (χ0v) is 8.67. The van der Waals surface area contributed by atoms with Gasteiger partial charge in [-0.15, -0.1) is 0 Å². The summed E-state index contributed by atoms with van der Waals surface area (Å²) in [5.74, 6) is 0. The Labute approximate surface area is 93.5 Å². The number of hydrogen-bond donors (Lipinski definition) is 4. The van der Waals surface area contributed by atoms with Gasteiger partial charge in [0.25, 0.3) is 0 Å². The molecule has 84 valence electrons. The highest BCUT2D eigenvalue weighted by molar-refractivity contribution is 5.76. The van der Waals surface area contributed by atoms with Crippen LogP contribution in [0.15, 0.2) is 48.6 Å². The molecule has 1 aromatic rings. The van der Waals surface area contributed by atoms with Crippen molar-refractivity contribution in [3.05, 3.63) is 54.1 Å². The minimum absolute atomic E-state index is 0.723. The molecule has 4 nitrogen and oxygen atoms in total. The van der Waals surface area contributed by atoms with E-state index in [-0.39, 0.29) is 0 Å². The smallest absolute Gasteiger partial charge is 0.180 e. The summed E-state index contributed by atoms with van der Waals surface area (Å²) in [6, 6.07) is 9.41. The summed E-state index contributed by atoms with van der Waals surface area (Å²) in [4.78, 5) is 0. The summed E-state index contributed by atoms with van der Waals surface area (Å²) in [5.41, 5.74) is 8.70. The highest BCUT2D eigenvalue weighted by Crippen LogP contribution is 2.28. The molecule has 0 spiro atoms. The zero-order valence-electron chi connectivity index (χ0n) is 8.67. The Morgan fingerprint density at radius 1 is 0.938 bits per heavy atom. The molecule has 0 aliphatic heterocycles. The second kappa shape index (κ2) is 3.54. The van der Waals surface area contributed by atoms with E-state index in [4.69, 9.17) is 11.5 Å². The molecule has 0 fully saturated rings. The van der Waals surface area contributed by atoms with Crippen molar-refractivity contribution in [3.63, 3.8) is 0 Å². The maximum Gasteiger partial charge on any atom is 0.180 e. The summed E-state index contributed by atoms with van der Waals surface area (Å²) in [7, 11) is 0. The van der Waals surface area contributed by atoms with Crippen molar-refractivity contribution in [1.29, 1.82) is 0 Å². The quantitative estimate of drug-likeness (QED) is 0.497. The van der Waals surface area contributed by atoms with Crippen molar-refractivity contribution >= 4 is 5.57 Å². The molecule has 1 aliphatic rings. The Kier molecular flexibility index (Phi) is 2.44. The third kappa shape index (κ3) is 1.79. The van der Waals surface area contributed by atoms with Gasteiger partial charge in [0.15, 0.2) is 11.4 Å². The average molecular weight is 218 g/mol. The highest BCUT2D eigenvalue weighted by atomic mass is 16.4. The summed E-state index contributed by atoms with van der Waals surface area (Å²) in [6.45, 7) is 0. The lowest BCUT2D eigenvalue weighted by atomic mass is 9.89. The van der Waals surface area contributed by atoms with Gasteiger partial charge in [-0.3, -0.25) is 11.5 Å². The van der Waals surface area contributed by atoms with Gasteiger partial charge in [0.05, 0.1) is 0 Å². The van der Waals surface area contributed by atoms with Gasteiger partial charge in [-0.25, -0.2) is 0 Å². The summed E-state index contributed by atoms with van der Waals surface area (Å²) in [6.07, 6.45) is 4.27. The van der Waals surface area contributed by atoms with E-state index in [1.165, 1.54) is 12.2 Å². The molecule has 0 radical (unpaired) electrons. The second-order valence-corrected chi connectivity index (χ2v) is 3.95. The van der Waals surface area contributed by atoms with Crippen LogP contribution in [0.25, 0.3) is 5.57 Å². The summed E-state index contributed by atoms with van der Waals surface area (Å²) in [5, 5.41) is 19.4.